The van der Waals surface area contributed by atoms with Crippen molar-refractivity contribution >= 4 is 22.6 Å². The zero-order valence-electron chi connectivity index (χ0n) is 26.3. The first kappa shape index (κ1) is 31.9. The normalized spacial score (nSPS) is 19.9. The molecule has 4 rings (SSSR count). The van der Waals surface area contributed by atoms with Gasteiger partial charge in [-0.2, -0.15) is 0 Å². The molecule has 1 amide bonds. The zero-order chi connectivity index (χ0) is 29.9. The predicted octanol–water partition coefficient (Wildman–Crippen LogP) is 8.21. The van der Waals surface area contributed by atoms with Crippen LogP contribution in [0.1, 0.15) is 123 Å². The van der Waals surface area contributed by atoms with E-state index >= 15 is 0 Å². The van der Waals surface area contributed by atoms with E-state index in [4.69, 9.17) is 9.72 Å². The first-order chi connectivity index (χ1) is 18.6. The number of hydrogen-bond acceptors (Lipinski definition) is 4. The Hall–Kier alpha value is -2.63. The zero-order valence-corrected chi connectivity index (χ0v) is 26.3. The Morgan fingerprint density at radius 2 is 1.65 bits per heavy atom. The van der Waals surface area contributed by atoms with Crippen molar-refractivity contribution in [1.82, 2.24) is 10.3 Å². The summed E-state index contributed by atoms with van der Waals surface area (Å²) in [6, 6.07) is 6.87. The summed E-state index contributed by atoms with van der Waals surface area (Å²) >= 11 is 0. The molecule has 0 saturated heterocycles. The van der Waals surface area contributed by atoms with Crippen LogP contribution < -0.4 is 10.1 Å². The van der Waals surface area contributed by atoms with E-state index in [1.54, 1.807) is 6.07 Å². The van der Waals surface area contributed by atoms with Crippen LogP contribution in [0.25, 0.3) is 10.8 Å². The molecule has 2 aromatic rings. The summed E-state index contributed by atoms with van der Waals surface area (Å²) in [5.41, 5.74) is 1.02. The molecule has 2 saturated carbocycles. The van der Waals surface area contributed by atoms with Crippen molar-refractivity contribution in [1.29, 1.82) is 0 Å². The Morgan fingerprint density at radius 1 is 1.05 bits per heavy atom. The van der Waals surface area contributed by atoms with Crippen LogP contribution in [-0.4, -0.2) is 34.1 Å². The van der Waals surface area contributed by atoms with Gasteiger partial charge in [0.25, 0.3) is 5.91 Å². The lowest BCUT2D eigenvalue weighted by Crippen LogP contribution is -2.49. The van der Waals surface area contributed by atoms with Crippen LogP contribution in [0.15, 0.2) is 24.3 Å². The van der Waals surface area contributed by atoms with Crippen LogP contribution in [0, 0.1) is 22.2 Å². The Kier molecular flexibility index (Phi) is 9.95. The highest BCUT2D eigenvalue weighted by Gasteiger charge is 2.39. The molecule has 2 fully saturated rings. The Morgan fingerprint density at radius 3 is 2.20 bits per heavy atom. The molecule has 1 aromatic heterocycles. The van der Waals surface area contributed by atoms with E-state index in [1.807, 2.05) is 46.8 Å². The summed E-state index contributed by atoms with van der Waals surface area (Å²) in [6.07, 6.45) is 9.03. The lowest BCUT2D eigenvalue weighted by atomic mass is 9.64. The Bertz CT molecular complexity index is 1170. The first-order valence-electron chi connectivity index (χ1n) is 15.3. The molecule has 1 atom stereocenters. The number of carbonyl (C=O) groups is 2. The van der Waals surface area contributed by atoms with Crippen LogP contribution in [0.2, 0.25) is 0 Å². The van der Waals surface area contributed by atoms with E-state index in [1.165, 1.54) is 32.1 Å². The SMILES string of the molecule is CC.CC1(C)CC(Oc2ccc3cc(C(=O)NC(C(=O)O)C(C)(C)C)nc(CC4CCCC4)c3c2)CC(C)(C)C1. The average molecular weight is 553 g/mol. The lowest BCUT2D eigenvalue weighted by molar-refractivity contribution is -0.142. The first-order valence-corrected chi connectivity index (χ1v) is 15.3. The number of aliphatic carboxylic acids is 1. The second-order valence-electron chi connectivity index (χ2n) is 14.5. The molecule has 2 N–H and O–H groups in total. The number of carboxylic acid groups (broad SMARTS) is 1. The summed E-state index contributed by atoms with van der Waals surface area (Å²) < 4.78 is 6.58. The van der Waals surface area contributed by atoms with Crippen LogP contribution in [0.3, 0.4) is 0 Å². The fourth-order valence-electron chi connectivity index (χ4n) is 7.00. The third-order valence-electron chi connectivity index (χ3n) is 8.28. The molecule has 40 heavy (non-hydrogen) atoms. The van der Waals surface area contributed by atoms with Crippen molar-refractivity contribution in [3.63, 3.8) is 0 Å². The molecule has 1 heterocycles. The summed E-state index contributed by atoms with van der Waals surface area (Å²) in [5, 5.41) is 14.4. The Labute approximate surface area is 241 Å². The number of amides is 1. The third-order valence-corrected chi connectivity index (χ3v) is 8.28. The number of aromatic nitrogens is 1. The minimum absolute atomic E-state index is 0.160. The van der Waals surface area contributed by atoms with Crippen LogP contribution >= 0.6 is 0 Å². The molecule has 6 nitrogen and oxygen atoms in total. The van der Waals surface area contributed by atoms with Gasteiger partial charge in [0.2, 0.25) is 0 Å². The van der Waals surface area contributed by atoms with E-state index < -0.39 is 23.3 Å². The molecule has 6 heteroatoms. The molecule has 2 aliphatic carbocycles. The van der Waals surface area contributed by atoms with Crippen molar-refractivity contribution in [3.05, 3.63) is 35.7 Å². The van der Waals surface area contributed by atoms with Crippen molar-refractivity contribution in [2.45, 2.75) is 126 Å². The van der Waals surface area contributed by atoms with Crippen LogP contribution in [0.5, 0.6) is 5.75 Å². The van der Waals surface area contributed by atoms with Gasteiger partial charge in [-0.1, -0.05) is 94.1 Å². The standard InChI is InChI=1S/C32H46N2O4.C2H6/c1-30(2,3)27(29(36)37)34-28(35)26-15-21-12-13-22(38-23-17-31(4,5)19-32(6,7)18-23)16-24(21)25(33-26)14-20-10-8-9-11-20;1-2/h12-13,15-16,20,23,27H,8-11,14,17-19H2,1-7H3,(H,34,35)(H,36,37);1-2H3. The average Bonchev–Trinajstić information content (AvgIpc) is 3.34. The molecule has 0 spiro atoms. The number of fused-ring (bicyclic) bond motifs is 1. The maximum absolute atomic E-state index is 13.2. The topological polar surface area (TPSA) is 88.5 Å². The maximum Gasteiger partial charge on any atom is 0.326 e. The fourth-order valence-corrected chi connectivity index (χ4v) is 7.00. The van der Waals surface area contributed by atoms with Gasteiger partial charge in [-0.15, -0.1) is 0 Å². The number of nitrogens with one attached hydrogen (secondary N) is 1. The quantitative estimate of drug-likeness (QED) is 0.361. The molecular weight excluding hydrogens is 500 g/mol. The molecule has 0 bridgehead atoms. The molecular formula is C34H52N2O4. The highest BCUT2D eigenvalue weighted by molar-refractivity contribution is 5.99. The fraction of sp³-hybridized carbons (Fsp3) is 0.676. The predicted molar refractivity (Wildman–Crippen MR) is 163 cm³/mol. The van der Waals surface area contributed by atoms with Gasteiger partial charge in [0.1, 0.15) is 17.5 Å². The molecule has 222 valence electrons. The number of rotatable bonds is 7. The van der Waals surface area contributed by atoms with E-state index in [9.17, 15) is 14.7 Å². The minimum Gasteiger partial charge on any atom is -0.490 e. The van der Waals surface area contributed by atoms with E-state index in [0.717, 1.165) is 41.5 Å². The Balaban J connectivity index is 0.00000216. The number of carbonyl (C=O) groups excluding carboxylic acids is 1. The van der Waals surface area contributed by atoms with E-state index in [-0.39, 0.29) is 22.6 Å². The highest BCUT2D eigenvalue weighted by Crippen LogP contribution is 2.47. The smallest absolute Gasteiger partial charge is 0.326 e. The van der Waals surface area contributed by atoms with Crippen molar-refractivity contribution < 1.29 is 19.4 Å². The molecule has 0 aliphatic heterocycles. The largest absolute Gasteiger partial charge is 0.490 e. The summed E-state index contributed by atoms with van der Waals surface area (Å²) in [5.74, 6) is -0.0983. The number of benzene rings is 1. The molecule has 1 aromatic carbocycles. The van der Waals surface area contributed by atoms with Gasteiger partial charge in [0.05, 0.1) is 6.10 Å². The number of hydrogen-bond donors (Lipinski definition) is 2. The third kappa shape index (κ3) is 8.20. The van der Waals surface area contributed by atoms with Crippen LogP contribution in [0.4, 0.5) is 0 Å². The molecule has 2 aliphatic rings. The second-order valence-corrected chi connectivity index (χ2v) is 14.5. The number of pyridine rings is 1. The summed E-state index contributed by atoms with van der Waals surface area (Å²) in [7, 11) is 0. The van der Waals surface area contributed by atoms with Gasteiger partial charge >= 0.3 is 5.97 Å². The van der Waals surface area contributed by atoms with Gasteiger partial charge in [0, 0.05) is 11.1 Å². The van der Waals surface area contributed by atoms with Gasteiger partial charge in [-0.05, 0) is 71.4 Å². The van der Waals surface area contributed by atoms with Crippen LogP contribution in [-0.2, 0) is 11.2 Å². The van der Waals surface area contributed by atoms with Gasteiger partial charge in [0.15, 0.2) is 0 Å². The van der Waals surface area contributed by atoms with E-state index in [0.29, 0.717) is 5.92 Å². The van der Waals surface area contributed by atoms with Gasteiger partial charge < -0.3 is 15.2 Å². The summed E-state index contributed by atoms with van der Waals surface area (Å²) in [6.45, 7) is 18.7. The molecule has 1 unspecified atom stereocenters. The lowest BCUT2D eigenvalue weighted by Gasteiger charge is -2.44. The maximum atomic E-state index is 13.2. The van der Waals surface area contributed by atoms with Crippen molar-refractivity contribution in [3.8, 4) is 5.75 Å². The number of nitrogens with zero attached hydrogens (tertiary/aromatic N) is 1. The molecule has 0 radical (unpaired) electrons. The van der Waals surface area contributed by atoms with Gasteiger partial charge in [-0.3, -0.25) is 4.79 Å². The highest BCUT2D eigenvalue weighted by atomic mass is 16.5. The number of ether oxygens (including phenoxy) is 1. The van der Waals surface area contributed by atoms with Crippen molar-refractivity contribution in [2.75, 3.05) is 0 Å². The second kappa shape index (κ2) is 12.5. The van der Waals surface area contributed by atoms with E-state index in [2.05, 4.69) is 39.1 Å². The minimum atomic E-state index is -1.05. The monoisotopic (exact) mass is 552 g/mol. The number of carboxylic acids is 1. The summed E-state index contributed by atoms with van der Waals surface area (Å²) in [4.78, 5) is 29.9. The van der Waals surface area contributed by atoms with Gasteiger partial charge in [-0.25, -0.2) is 9.78 Å². The van der Waals surface area contributed by atoms with Crippen molar-refractivity contribution in [2.24, 2.45) is 22.2 Å².